The number of hydrogen-bond donors (Lipinski definition) is 2. The van der Waals surface area contributed by atoms with Crippen LogP contribution in [-0.4, -0.2) is 41.6 Å². The first-order valence-corrected chi connectivity index (χ1v) is 12.2. The first kappa shape index (κ1) is 26.4. The fourth-order valence-electron chi connectivity index (χ4n) is 3.79. The minimum atomic E-state index is -0.441. The molecule has 2 aromatic carbocycles. The molecular weight excluding hydrogens is 462 g/mol. The van der Waals surface area contributed by atoms with Crippen LogP contribution in [0.1, 0.15) is 44.9 Å². The maximum absolute atomic E-state index is 13.0. The molecule has 2 N–H and O–H groups in total. The van der Waals surface area contributed by atoms with E-state index < -0.39 is 6.04 Å². The molecule has 0 aliphatic carbocycles. The first-order chi connectivity index (χ1) is 16.8. The van der Waals surface area contributed by atoms with Crippen molar-refractivity contribution in [2.45, 2.75) is 40.3 Å². The molecule has 186 valence electrons. The Balaban J connectivity index is 1.68. The van der Waals surface area contributed by atoms with Gasteiger partial charge in [-0.15, -0.1) is 0 Å². The van der Waals surface area contributed by atoms with Crippen LogP contribution in [0.4, 0.5) is 5.69 Å². The second-order valence-corrected chi connectivity index (χ2v) is 9.15. The summed E-state index contributed by atoms with van der Waals surface area (Å²) in [5.74, 6) is -0.363. The van der Waals surface area contributed by atoms with Crippen LogP contribution in [0, 0.1) is 5.92 Å². The van der Waals surface area contributed by atoms with Crippen LogP contribution >= 0.6 is 12.2 Å². The molecule has 0 aromatic heterocycles. The quantitative estimate of drug-likeness (QED) is 0.369. The van der Waals surface area contributed by atoms with E-state index in [9.17, 15) is 9.59 Å². The number of rotatable bonds is 10. The molecule has 2 aromatic rings. The standard InChI is InChI=1S/C27H33N3O4S/c1-5-30-19(4)24(26(32)34-15-18(2)3)25(29-27(30)35)21-11-13-22(14-12-21)28-23(31)17-33-16-20-9-7-6-8-10-20/h6-14,18,25H,5,15-17H2,1-4H3,(H,28,31)(H,29,35). The van der Waals surface area contributed by atoms with Crippen molar-refractivity contribution in [3.63, 3.8) is 0 Å². The lowest BCUT2D eigenvalue weighted by Gasteiger charge is -2.37. The number of esters is 1. The molecule has 1 unspecified atom stereocenters. The van der Waals surface area contributed by atoms with Crippen LogP contribution in [0.2, 0.25) is 0 Å². The lowest BCUT2D eigenvalue weighted by Crippen LogP contribution is -2.47. The van der Waals surface area contributed by atoms with E-state index in [0.29, 0.717) is 36.1 Å². The van der Waals surface area contributed by atoms with E-state index in [1.807, 2.05) is 75.1 Å². The third kappa shape index (κ3) is 7.13. The average molecular weight is 496 g/mol. The van der Waals surface area contributed by atoms with Gasteiger partial charge in [-0.25, -0.2) is 4.79 Å². The van der Waals surface area contributed by atoms with E-state index >= 15 is 0 Å². The lowest BCUT2D eigenvalue weighted by atomic mass is 9.94. The maximum atomic E-state index is 13.0. The third-order valence-electron chi connectivity index (χ3n) is 5.55. The van der Waals surface area contributed by atoms with Gasteiger partial charge in [0.05, 0.1) is 24.8 Å². The largest absolute Gasteiger partial charge is 0.462 e. The molecule has 35 heavy (non-hydrogen) atoms. The van der Waals surface area contributed by atoms with E-state index in [4.69, 9.17) is 21.7 Å². The summed E-state index contributed by atoms with van der Waals surface area (Å²) in [6, 6.07) is 16.6. The van der Waals surface area contributed by atoms with Crippen LogP contribution in [0.5, 0.6) is 0 Å². The van der Waals surface area contributed by atoms with Crippen LogP contribution in [0.15, 0.2) is 65.9 Å². The van der Waals surface area contributed by atoms with Crippen molar-refractivity contribution in [3.8, 4) is 0 Å². The van der Waals surface area contributed by atoms with Gasteiger partial charge in [0.25, 0.3) is 0 Å². The summed E-state index contributed by atoms with van der Waals surface area (Å²) >= 11 is 5.54. The van der Waals surface area contributed by atoms with E-state index in [2.05, 4.69) is 10.6 Å². The zero-order valence-electron chi connectivity index (χ0n) is 20.7. The predicted molar refractivity (Wildman–Crippen MR) is 141 cm³/mol. The molecule has 0 saturated carbocycles. The molecule has 1 aliphatic heterocycles. The van der Waals surface area contributed by atoms with Crippen molar-refractivity contribution in [2.24, 2.45) is 5.92 Å². The molecule has 1 aliphatic rings. The van der Waals surface area contributed by atoms with Crippen molar-refractivity contribution in [3.05, 3.63) is 77.0 Å². The molecule has 1 heterocycles. The molecular formula is C27H33N3O4S. The van der Waals surface area contributed by atoms with Gasteiger partial charge in [-0.3, -0.25) is 4.79 Å². The highest BCUT2D eigenvalue weighted by Crippen LogP contribution is 2.32. The number of nitrogens with zero attached hydrogens (tertiary/aromatic N) is 1. The van der Waals surface area contributed by atoms with Crippen molar-refractivity contribution in [1.29, 1.82) is 0 Å². The molecule has 0 spiro atoms. The van der Waals surface area contributed by atoms with Crippen molar-refractivity contribution >= 4 is 34.9 Å². The van der Waals surface area contributed by atoms with E-state index in [-0.39, 0.29) is 24.4 Å². The molecule has 8 heteroatoms. The first-order valence-electron chi connectivity index (χ1n) is 11.8. The van der Waals surface area contributed by atoms with E-state index in [0.717, 1.165) is 16.8 Å². The summed E-state index contributed by atoms with van der Waals surface area (Å²) in [6.45, 7) is 9.18. The Hall–Kier alpha value is -3.23. The Morgan fingerprint density at radius 2 is 1.80 bits per heavy atom. The summed E-state index contributed by atoms with van der Waals surface area (Å²) in [5.41, 5.74) is 3.81. The lowest BCUT2D eigenvalue weighted by molar-refractivity contribution is -0.140. The minimum absolute atomic E-state index is 0.0459. The summed E-state index contributed by atoms with van der Waals surface area (Å²) in [6.07, 6.45) is 0. The van der Waals surface area contributed by atoms with Gasteiger partial charge < -0.3 is 25.0 Å². The number of anilines is 1. The molecule has 1 amide bonds. The molecule has 0 saturated heterocycles. The number of amides is 1. The minimum Gasteiger partial charge on any atom is -0.462 e. The normalized spacial score (nSPS) is 15.7. The van der Waals surface area contributed by atoms with Crippen LogP contribution in [0.25, 0.3) is 0 Å². The van der Waals surface area contributed by atoms with Crippen LogP contribution < -0.4 is 10.6 Å². The predicted octanol–water partition coefficient (Wildman–Crippen LogP) is 4.57. The van der Waals surface area contributed by atoms with Crippen molar-refractivity contribution in [2.75, 3.05) is 25.1 Å². The number of ether oxygens (including phenoxy) is 2. The summed E-state index contributed by atoms with van der Waals surface area (Å²) < 4.78 is 11.1. The number of benzene rings is 2. The highest BCUT2D eigenvalue weighted by Gasteiger charge is 2.34. The second-order valence-electron chi connectivity index (χ2n) is 8.77. The van der Waals surface area contributed by atoms with E-state index in [1.54, 1.807) is 12.1 Å². The molecule has 0 bridgehead atoms. The molecule has 3 rings (SSSR count). The monoisotopic (exact) mass is 495 g/mol. The Bertz CT molecular complexity index is 1070. The van der Waals surface area contributed by atoms with Crippen LogP contribution in [-0.2, 0) is 25.7 Å². The molecule has 0 radical (unpaired) electrons. The third-order valence-corrected chi connectivity index (χ3v) is 5.89. The molecule has 7 nitrogen and oxygen atoms in total. The van der Waals surface area contributed by atoms with Crippen molar-refractivity contribution in [1.82, 2.24) is 10.2 Å². The Morgan fingerprint density at radius 3 is 2.43 bits per heavy atom. The van der Waals surface area contributed by atoms with E-state index in [1.165, 1.54) is 0 Å². The Morgan fingerprint density at radius 1 is 1.11 bits per heavy atom. The fourth-order valence-corrected chi connectivity index (χ4v) is 4.17. The van der Waals surface area contributed by atoms with Gasteiger partial charge in [-0.1, -0.05) is 56.3 Å². The number of thiocarbonyl (C=S) groups is 1. The van der Waals surface area contributed by atoms with Gasteiger partial charge in [0.15, 0.2) is 5.11 Å². The van der Waals surface area contributed by atoms with Crippen molar-refractivity contribution < 1.29 is 19.1 Å². The molecule has 1 atom stereocenters. The number of nitrogens with one attached hydrogen (secondary N) is 2. The number of carbonyl (C=O) groups is 2. The zero-order valence-corrected chi connectivity index (χ0v) is 21.5. The maximum Gasteiger partial charge on any atom is 0.338 e. The van der Waals surface area contributed by atoms with Gasteiger partial charge in [-0.05, 0) is 55.2 Å². The van der Waals surface area contributed by atoms with Gasteiger partial charge in [0.1, 0.15) is 6.61 Å². The van der Waals surface area contributed by atoms with Gasteiger partial charge in [0, 0.05) is 17.9 Å². The fraction of sp³-hybridized carbons (Fsp3) is 0.370. The van der Waals surface area contributed by atoms with Gasteiger partial charge in [0.2, 0.25) is 5.91 Å². The zero-order chi connectivity index (χ0) is 25.4. The summed E-state index contributed by atoms with van der Waals surface area (Å²) in [5, 5.41) is 6.67. The second kappa shape index (κ2) is 12.5. The highest BCUT2D eigenvalue weighted by atomic mass is 32.1. The van der Waals surface area contributed by atoms with Gasteiger partial charge >= 0.3 is 5.97 Å². The number of allylic oxidation sites excluding steroid dienone is 1. The number of carbonyl (C=O) groups excluding carboxylic acids is 2. The SMILES string of the molecule is CCN1C(=S)NC(c2ccc(NC(=O)COCc3ccccc3)cc2)C(C(=O)OCC(C)C)=C1C. The van der Waals surface area contributed by atoms with Gasteiger partial charge in [-0.2, -0.15) is 0 Å². The van der Waals surface area contributed by atoms with Crippen LogP contribution in [0.3, 0.4) is 0 Å². The summed E-state index contributed by atoms with van der Waals surface area (Å²) in [4.78, 5) is 27.2. The molecule has 0 fully saturated rings. The topological polar surface area (TPSA) is 79.9 Å². The smallest absolute Gasteiger partial charge is 0.338 e. The Labute approximate surface area is 212 Å². The Kier molecular flexibility index (Phi) is 9.39. The summed E-state index contributed by atoms with van der Waals surface area (Å²) in [7, 11) is 0. The average Bonchev–Trinajstić information content (AvgIpc) is 2.83. The highest BCUT2D eigenvalue weighted by molar-refractivity contribution is 7.80. The number of hydrogen-bond acceptors (Lipinski definition) is 5.